The van der Waals surface area contributed by atoms with Crippen LogP contribution < -0.4 is 9.80 Å². The van der Waals surface area contributed by atoms with Crippen LogP contribution in [0.3, 0.4) is 0 Å². The quantitative estimate of drug-likeness (QED) is 0.140. The van der Waals surface area contributed by atoms with E-state index < -0.39 is 0 Å². The molecule has 12 aromatic rings. The number of hydrogen-bond acceptors (Lipinski definition) is 2. The molecule has 0 atom stereocenters. The van der Waals surface area contributed by atoms with Gasteiger partial charge in [0.2, 0.25) is 0 Å². The van der Waals surface area contributed by atoms with Crippen LogP contribution in [-0.2, 0) is 10.8 Å². The van der Waals surface area contributed by atoms with E-state index in [0.717, 1.165) is 47.0 Å². The van der Waals surface area contributed by atoms with Crippen molar-refractivity contribution in [3.05, 3.63) is 283 Å². The smallest absolute Gasteiger partial charge is 0.0468 e. The molecule has 78 heavy (non-hydrogen) atoms. The second-order valence-corrected chi connectivity index (χ2v) is 22.7. The number of para-hydroxylation sites is 2. The van der Waals surface area contributed by atoms with Crippen molar-refractivity contribution in [2.45, 2.75) is 51.4 Å². The molecule has 0 spiro atoms. The molecule has 3 aliphatic carbocycles. The van der Waals surface area contributed by atoms with E-state index in [0.29, 0.717) is 0 Å². The zero-order valence-electron chi connectivity index (χ0n) is 44.6. The van der Waals surface area contributed by atoms with Gasteiger partial charge in [0.05, 0.1) is 0 Å². The van der Waals surface area contributed by atoms with Gasteiger partial charge in [0, 0.05) is 45.0 Å². The van der Waals surface area contributed by atoms with Gasteiger partial charge in [-0.15, -0.1) is 0 Å². The molecule has 15 rings (SSSR count). The summed E-state index contributed by atoms with van der Waals surface area (Å²) in [5.41, 5.74) is 22.5. The Morgan fingerprint density at radius 2 is 0.744 bits per heavy atom. The van der Waals surface area contributed by atoms with Gasteiger partial charge in [0.15, 0.2) is 0 Å². The van der Waals surface area contributed by atoms with E-state index in [9.17, 15) is 0 Å². The van der Waals surface area contributed by atoms with E-state index in [2.05, 4.69) is 292 Å². The summed E-state index contributed by atoms with van der Waals surface area (Å²) in [6.45, 7) is 9.59. The van der Waals surface area contributed by atoms with Crippen molar-refractivity contribution in [3.8, 4) is 33.4 Å². The van der Waals surface area contributed by atoms with Gasteiger partial charge in [-0.05, 0) is 190 Å². The topological polar surface area (TPSA) is 6.48 Å². The van der Waals surface area contributed by atoms with E-state index in [1.165, 1.54) is 104 Å². The van der Waals surface area contributed by atoms with Crippen LogP contribution in [0.2, 0.25) is 0 Å². The van der Waals surface area contributed by atoms with Crippen LogP contribution in [-0.4, -0.2) is 0 Å². The number of allylic oxidation sites excluding steroid dienone is 4. The van der Waals surface area contributed by atoms with Crippen LogP contribution >= 0.6 is 0 Å². The van der Waals surface area contributed by atoms with Crippen molar-refractivity contribution >= 4 is 82.8 Å². The van der Waals surface area contributed by atoms with Gasteiger partial charge in [-0.2, -0.15) is 0 Å². The second-order valence-electron chi connectivity index (χ2n) is 22.7. The first-order valence-electron chi connectivity index (χ1n) is 27.7. The maximum absolute atomic E-state index is 2.49. The molecule has 372 valence electrons. The lowest BCUT2D eigenvalue weighted by Crippen LogP contribution is -2.18. The van der Waals surface area contributed by atoms with Gasteiger partial charge >= 0.3 is 0 Å². The second kappa shape index (κ2) is 17.7. The predicted octanol–water partition coefficient (Wildman–Crippen LogP) is 21.3. The monoisotopic (exact) mass is 998 g/mol. The normalized spacial score (nSPS) is 14.7. The van der Waals surface area contributed by atoms with Gasteiger partial charge < -0.3 is 9.80 Å². The lowest BCUT2D eigenvalue weighted by Gasteiger charge is -2.30. The van der Waals surface area contributed by atoms with Crippen molar-refractivity contribution in [3.63, 3.8) is 0 Å². The first-order chi connectivity index (χ1) is 38.2. The number of benzene rings is 12. The number of nitrogens with zero attached hydrogens (tertiary/aromatic N) is 2. The predicted molar refractivity (Wildman–Crippen MR) is 333 cm³/mol. The van der Waals surface area contributed by atoms with Crippen LogP contribution in [0.25, 0.3) is 82.0 Å². The number of hydrogen-bond donors (Lipinski definition) is 0. The molecule has 0 amide bonds. The van der Waals surface area contributed by atoms with Crippen molar-refractivity contribution in [1.82, 2.24) is 0 Å². The van der Waals surface area contributed by atoms with Gasteiger partial charge in [-0.3, -0.25) is 0 Å². The van der Waals surface area contributed by atoms with E-state index in [1.54, 1.807) is 5.57 Å². The molecule has 0 saturated heterocycles. The fraction of sp³-hybridized carbons (Fsp3) is 0.105. The van der Waals surface area contributed by atoms with Crippen molar-refractivity contribution in [1.29, 1.82) is 0 Å². The van der Waals surface area contributed by atoms with Crippen LogP contribution in [0, 0.1) is 0 Å². The molecule has 0 aliphatic heterocycles. The molecular formula is C76H58N2. The molecule has 0 aromatic heterocycles. The third-order valence-corrected chi connectivity index (χ3v) is 17.7. The minimum atomic E-state index is -0.151. The van der Waals surface area contributed by atoms with Gasteiger partial charge in [-0.1, -0.05) is 215 Å². The number of anilines is 6. The van der Waals surface area contributed by atoms with Crippen molar-refractivity contribution < 1.29 is 0 Å². The Morgan fingerprint density at radius 3 is 1.32 bits per heavy atom. The van der Waals surface area contributed by atoms with E-state index in [-0.39, 0.29) is 10.8 Å². The molecule has 0 radical (unpaired) electrons. The molecule has 2 nitrogen and oxygen atoms in total. The fourth-order valence-corrected chi connectivity index (χ4v) is 14.0. The van der Waals surface area contributed by atoms with Crippen molar-refractivity contribution in [2.75, 3.05) is 9.80 Å². The third kappa shape index (κ3) is 7.02. The fourth-order valence-electron chi connectivity index (χ4n) is 14.0. The van der Waals surface area contributed by atoms with Crippen LogP contribution in [0.4, 0.5) is 34.1 Å². The molecule has 0 unspecified atom stereocenters. The summed E-state index contributed by atoms with van der Waals surface area (Å²) in [7, 11) is 0. The largest absolute Gasteiger partial charge is 0.310 e. The van der Waals surface area contributed by atoms with E-state index >= 15 is 0 Å². The summed E-state index contributed by atoms with van der Waals surface area (Å²) >= 11 is 0. The Kier molecular flexibility index (Phi) is 10.4. The Morgan fingerprint density at radius 1 is 0.308 bits per heavy atom. The number of rotatable bonds is 8. The van der Waals surface area contributed by atoms with Gasteiger partial charge in [-0.25, -0.2) is 0 Å². The highest BCUT2D eigenvalue weighted by molar-refractivity contribution is 6.26. The lowest BCUT2D eigenvalue weighted by atomic mass is 9.78. The Balaban J connectivity index is 1.02. The molecule has 0 saturated carbocycles. The van der Waals surface area contributed by atoms with E-state index in [1.807, 2.05) is 0 Å². The Bertz CT molecular complexity index is 4490. The Labute approximate surface area is 457 Å². The molecule has 0 bridgehead atoms. The van der Waals surface area contributed by atoms with E-state index in [4.69, 9.17) is 0 Å². The number of fused-ring (bicyclic) bond motifs is 9. The zero-order valence-corrected chi connectivity index (χ0v) is 44.6. The highest BCUT2D eigenvalue weighted by Crippen LogP contribution is 2.55. The third-order valence-electron chi connectivity index (χ3n) is 17.7. The van der Waals surface area contributed by atoms with Gasteiger partial charge in [0.1, 0.15) is 0 Å². The molecular weight excluding hydrogens is 941 g/mol. The van der Waals surface area contributed by atoms with Gasteiger partial charge in [0.25, 0.3) is 0 Å². The molecule has 0 heterocycles. The van der Waals surface area contributed by atoms with Crippen LogP contribution in [0.15, 0.2) is 260 Å². The molecule has 0 N–H and O–H groups in total. The minimum Gasteiger partial charge on any atom is -0.310 e. The molecule has 3 aliphatic rings. The highest BCUT2D eigenvalue weighted by atomic mass is 15.1. The first kappa shape index (κ1) is 46.1. The highest BCUT2D eigenvalue weighted by Gasteiger charge is 2.39. The Hall–Kier alpha value is -9.24. The molecule has 2 heteroatoms. The molecule has 0 fully saturated rings. The summed E-state index contributed by atoms with van der Waals surface area (Å²) in [5.74, 6) is 0. The lowest BCUT2D eigenvalue weighted by molar-refractivity contribution is 0.607. The summed E-state index contributed by atoms with van der Waals surface area (Å²) in [6.07, 6.45) is 6.92. The van der Waals surface area contributed by atoms with Crippen molar-refractivity contribution in [2.24, 2.45) is 0 Å². The summed E-state index contributed by atoms with van der Waals surface area (Å²) < 4.78 is 0. The average molecular weight is 999 g/mol. The van der Waals surface area contributed by atoms with Crippen LogP contribution in [0.5, 0.6) is 0 Å². The van der Waals surface area contributed by atoms with Crippen LogP contribution in [0.1, 0.15) is 62.8 Å². The summed E-state index contributed by atoms with van der Waals surface area (Å²) in [4.78, 5) is 4.95. The standard InChI is InChI=1S/C76H58N2/c1-75(2)69-35-17-15-31-59(69)61-41-37-55(47-71(61)75)77(51-25-7-5-8-26-51)53-39-43-65-67(45-53)73(63-33-19-23-49-21-11-13-29-57(49)63)66-44-40-54(46-68(66)74(65)64-34-20-24-50-22-12-14-30-58(50)64)78(52-27-9-6-10-28-52)56-38-42-62-60-32-16-18-36-70(60)76(3,4)72(62)48-56/h5-17,19-35,37-48H,18,36H2,1-4H3. The maximum atomic E-state index is 2.49. The summed E-state index contributed by atoms with van der Waals surface area (Å²) in [6, 6.07) is 91.2. The zero-order chi connectivity index (χ0) is 52.3. The molecule has 12 aromatic carbocycles. The SMILES string of the molecule is CC1(C)C2=C(C=CCC2)c2ccc(N(c3ccccc3)c3ccc4c(-c5cccc6ccccc56)c5cc(N(c6ccccc6)c6ccc7c(c6)C(C)(C)c6ccccc6-7)ccc5c(-c5cccc6ccccc56)c4c3)cc21. The summed E-state index contributed by atoms with van der Waals surface area (Å²) in [5, 5.41) is 9.72. The first-order valence-corrected chi connectivity index (χ1v) is 27.7. The maximum Gasteiger partial charge on any atom is 0.0468 e. The minimum absolute atomic E-state index is 0.0665. The average Bonchev–Trinajstić information content (AvgIpc) is 3.95.